The number of hydrogen-bond acceptors (Lipinski definition) is 2. The van der Waals surface area contributed by atoms with Gasteiger partial charge >= 0.3 is 0 Å². The van der Waals surface area contributed by atoms with E-state index in [-0.39, 0.29) is 17.5 Å². The smallest absolute Gasteiger partial charge is 0.252 e. The number of hydrogen-bond donors (Lipinski definition) is 2. The zero-order chi connectivity index (χ0) is 15.2. The molecule has 0 aliphatic heterocycles. The Morgan fingerprint density at radius 2 is 1.81 bits per heavy atom. The molecule has 2 aromatic rings. The first-order valence-corrected chi connectivity index (χ1v) is 7.27. The van der Waals surface area contributed by atoms with E-state index in [2.05, 4.69) is 5.32 Å². The summed E-state index contributed by atoms with van der Waals surface area (Å²) in [6.45, 7) is 0.149. The van der Waals surface area contributed by atoms with E-state index in [9.17, 15) is 9.90 Å². The second-order valence-corrected chi connectivity index (χ2v) is 5.44. The third kappa shape index (κ3) is 4.46. The number of carbonyl (C=O) groups excluding carboxylic acids is 1. The molecule has 0 aromatic heterocycles. The summed E-state index contributed by atoms with van der Waals surface area (Å²) in [5, 5.41) is 13.1. The predicted molar refractivity (Wildman–Crippen MR) is 84.9 cm³/mol. The van der Waals surface area contributed by atoms with Gasteiger partial charge in [0.25, 0.3) is 5.91 Å². The standard InChI is InChI=1S/C16H15Cl2NO2/c17-14-8-4-7-13(15(14)18)16(21)19-10-12(20)9-11-5-2-1-3-6-11/h1-8,12,20H,9-10H2,(H,19,21). The Morgan fingerprint density at radius 3 is 2.52 bits per heavy atom. The number of nitrogens with one attached hydrogen (secondary N) is 1. The molecule has 2 rings (SSSR count). The second-order valence-electron chi connectivity index (χ2n) is 4.65. The van der Waals surface area contributed by atoms with Crippen LogP contribution in [0.5, 0.6) is 0 Å². The van der Waals surface area contributed by atoms with Crippen LogP contribution in [0.3, 0.4) is 0 Å². The zero-order valence-electron chi connectivity index (χ0n) is 11.2. The van der Waals surface area contributed by atoms with Crippen molar-refractivity contribution in [2.75, 3.05) is 6.54 Å². The number of amides is 1. The Bertz CT molecular complexity index is 617. The van der Waals surface area contributed by atoms with Gasteiger partial charge in [-0.2, -0.15) is 0 Å². The molecule has 0 aliphatic carbocycles. The molecule has 1 amide bonds. The van der Waals surface area contributed by atoms with Gasteiger partial charge in [-0.15, -0.1) is 0 Å². The SMILES string of the molecule is O=C(NCC(O)Cc1ccccc1)c1cccc(Cl)c1Cl. The lowest BCUT2D eigenvalue weighted by atomic mass is 10.1. The minimum atomic E-state index is -0.658. The molecule has 2 aromatic carbocycles. The number of aliphatic hydroxyl groups excluding tert-OH is 1. The first kappa shape index (κ1) is 15.8. The highest BCUT2D eigenvalue weighted by Gasteiger charge is 2.14. The fourth-order valence-electron chi connectivity index (χ4n) is 1.94. The molecule has 21 heavy (non-hydrogen) atoms. The number of halogens is 2. The van der Waals surface area contributed by atoms with Crippen molar-refractivity contribution in [2.24, 2.45) is 0 Å². The van der Waals surface area contributed by atoms with Crippen LogP contribution in [-0.2, 0) is 6.42 Å². The van der Waals surface area contributed by atoms with Gasteiger partial charge in [0.2, 0.25) is 0 Å². The van der Waals surface area contributed by atoms with Gasteiger partial charge in [0, 0.05) is 13.0 Å². The van der Waals surface area contributed by atoms with Crippen LogP contribution in [0.25, 0.3) is 0 Å². The van der Waals surface area contributed by atoms with Crippen molar-refractivity contribution < 1.29 is 9.90 Å². The first-order valence-electron chi connectivity index (χ1n) is 6.52. The van der Waals surface area contributed by atoms with Gasteiger partial charge in [-0.05, 0) is 17.7 Å². The summed E-state index contributed by atoms with van der Waals surface area (Å²) in [4.78, 5) is 12.0. The summed E-state index contributed by atoms with van der Waals surface area (Å²) in [5.74, 6) is -0.352. The predicted octanol–water partition coefficient (Wildman–Crippen LogP) is 3.33. The van der Waals surface area contributed by atoms with Gasteiger partial charge < -0.3 is 10.4 Å². The fraction of sp³-hybridized carbons (Fsp3) is 0.188. The van der Waals surface area contributed by atoms with E-state index in [1.807, 2.05) is 30.3 Å². The molecule has 0 spiro atoms. The van der Waals surface area contributed by atoms with Gasteiger partial charge in [0.1, 0.15) is 0 Å². The number of benzene rings is 2. The Labute approximate surface area is 133 Å². The minimum absolute atomic E-state index is 0.149. The van der Waals surface area contributed by atoms with Crippen molar-refractivity contribution >= 4 is 29.1 Å². The fourth-order valence-corrected chi connectivity index (χ4v) is 2.33. The van der Waals surface area contributed by atoms with Crippen LogP contribution in [-0.4, -0.2) is 23.7 Å². The van der Waals surface area contributed by atoms with Gasteiger partial charge in [-0.3, -0.25) is 4.79 Å². The van der Waals surface area contributed by atoms with Crippen molar-refractivity contribution in [3.05, 3.63) is 69.7 Å². The quantitative estimate of drug-likeness (QED) is 0.886. The van der Waals surface area contributed by atoms with E-state index in [4.69, 9.17) is 23.2 Å². The Morgan fingerprint density at radius 1 is 1.10 bits per heavy atom. The maximum absolute atomic E-state index is 12.0. The monoisotopic (exact) mass is 323 g/mol. The molecule has 0 saturated carbocycles. The normalized spacial score (nSPS) is 12.0. The number of rotatable bonds is 5. The van der Waals surface area contributed by atoms with Gasteiger partial charge in [-0.25, -0.2) is 0 Å². The second kappa shape index (κ2) is 7.46. The highest BCUT2D eigenvalue weighted by molar-refractivity contribution is 6.43. The van der Waals surface area contributed by atoms with Crippen molar-refractivity contribution in [3.8, 4) is 0 Å². The summed E-state index contributed by atoms with van der Waals surface area (Å²) in [6.07, 6.45) is -0.181. The summed E-state index contributed by atoms with van der Waals surface area (Å²) in [5.41, 5.74) is 1.32. The lowest BCUT2D eigenvalue weighted by Gasteiger charge is -2.13. The third-order valence-electron chi connectivity index (χ3n) is 3.01. The highest BCUT2D eigenvalue weighted by Crippen LogP contribution is 2.25. The molecule has 0 heterocycles. The minimum Gasteiger partial charge on any atom is -0.391 e. The molecular weight excluding hydrogens is 309 g/mol. The maximum atomic E-state index is 12.0. The van der Waals surface area contributed by atoms with Gasteiger partial charge in [0.15, 0.2) is 0 Å². The van der Waals surface area contributed by atoms with Crippen LogP contribution in [0.4, 0.5) is 0 Å². The molecule has 1 unspecified atom stereocenters. The first-order chi connectivity index (χ1) is 10.1. The van der Waals surface area contributed by atoms with Crippen molar-refractivity contribution in [1.82, 2.24) is 5.32 Å². The average Bonchev–Trinajstić information content (AvgIpc) is 2.48. The van der Waals surface area contributed by atoms with Crippen LogP contribution in [0.1, 0.15) is 15.9 Å². The van der Waals surface area contributed by atoms with Crippen LogP contribution in [0.2, 0.25) is 10.0 Å². The maximum Gasteiger partial charge on any atom is 0.252 e. The molecule has 2 N–H and O–H groups in total. The van der Waals surface area contributed by atoms with Gasteiger partial charge in [0.05, 0.1) is 21.7 Å². The number of carbonyl (C=O) groups is 1. The van der Waals surface area contributed by atoms with E-state index in [0.717, 1.165) is 5.56 Å². The summed E-state index contributed by atoms with van der Waals surface area (Å²) >= 11 is 11.8. The summed E-state index contributed by atoms with van der Waals surface area (Å²) < 4.78 is 0. The number of aliphatic hydroxyl groups is 1. The summed E-state index contributed by atoms with van der Waals surface area (Å²) in [6, 6.07) is 14.5. The van der Waals surface area contributed by atoms with Crippen LogP contribution in [0, 0.1) is 0 Å². The molecule has 0 bridgehead atoms. The highest BCUT2D eigenvalue weighted by atomic mass is 35.5. The average molecular weight is 324 g/mol. The van der Waals surface area contributed by atoms with Crippen molar-refractivity contribution in [2.45, 2.75) is 12.5 Å². The lowest BCUT2D eigenvalue weighted by molar-refractivity contribution is 0.0916. The van der Waals surface area contributed by atoms with E-state index < -0.39 is 6.10 Å². The topological polar surface area (TPSA) is 49.3 Å². The molecule has 0 radical (unpaired) electrons. The van der Waals surface area contributed by atoms with Crippen molar-refractivity contribution in [3.63, 3.8) is 0 Å². The van der Waals surface area contributed by atoms with E-state index >= 15 is 0 Å². The van der Waals surface area contributed by atoms with Crippen LogP contribution in [0.15, 0.2) is 48.5 Å². The van der Waals surface area contributed by atoms with Crippen LogP contribution < -0.4 is 5.32 Å². The molecule has 0 saturated heterocycles. The van der Waals surface area contributed by atoms with Gasteiger partial charge in [-0.1, -0.05) is 59.6 Å². The van der Waals surface area contributed by atoms with Crippen molar-refractivity contribution in [1.29, 1.82) is 0 Å². The molecule has 5 heteroatoms. The lowest BCUT2D eigenvalue weighted by Crippen LogP contribution is -2.33. The summed E-state index contributed by atoms with van der Waals surface area (Å²) in [7, 11) is 0. The Hall–Kier alpha value is -1.55. The largest absolute Gasteiger partial charge is 0.391 e. The molecule has 110 valence electrons. The molecule has 3 nitrogen and oxygen atoms in total. The van der Waals surface area contributed by atoms with E-state index in [1.165, 1.54) is 0 Å². The molecular formula is C16H15Cl2NO2. The molecule has 1 atom stereocenters. The van der Waals surface area contributed by atoms with Crippen LogP contribution >= 0.6 is 23.2 Å². The third-order valence-corrected chi connectivity index (χ3v) is 3.83. The molecule has 0 aliphatic rings. The molecule has 0 fully saturated rings. The Balaban J connectivity index is 1.90. The zero-order valence-corrected chi connectivity index (χ0v) is 12.7. The Kier molecular flexibility index (Phi) is 5.62. The van der Waals surface area contributed by atoms with E-state index in [1.54, 1.807) is 18.2 Å². The van der Waals surface area contributed by atoms with E-state index in [0.29, 0.717) is 17.0 Å².